The lowest BCUT2D eigenvalue weighted by Crippen LogP contribution is -2.46. The van der Waals surface area contributed by atoms with Crippen molar-refractivity contribution in [1.82, 2.24) is 9.80 Å². The molecule has 6 heteroatoms. The SMILES string of the molecule is CCc1cc([C@@H](c2ccc(OC)cc2)N2CCN(C)CC2)c(NC(=O)c2ccccc2)s1. The van der Waals surface area contributed by atoms with Crippen LogP contribution in [0.5, 0.6) is 5.75 Å². The molecule has 0 aliphatic carbocycles. The molecule has 0 saturated carbocycles. The van der Waals surface area contributed by atoms with Gasteiger partial charge in [0.05, 0.1) is 13.2 Å². The summed E-state index contributed by atoms with van der Waals surface area (Å²) in [6, 6.07) is 20.1. The van der Waals surface area contributed by atoms with Crippen LogP contribution in [-0.4, -0.2) is 56.0 Å². The lowest BCUT2D eigenvalue weighted by Gasteiger charge is -2.38. The van der Waals surface area contributed by atoms with E-state index in [-0.39, 0.29) is 11.9 Å². The highest BCUT2D eigenvalue weighted by Crippen LogP contribution is 2.40. The van der Waals surface area contributed by atoms with Crippen LogP contribution in [0.15, 0.2) is 60.7 Å². The molecule has 4 rings (SSSR count). The first-order valence-electron chi connectivity index (χ1n) is 11.1. The molecule has 0 radical (unpaired) electrons. The van der Waals surface area contributed by atoms with Gasteiger partial charge in [0.15, 0.2) is 0 Å². The van der Waals surface area contributed by atoms with E-state index in [1.165, 1.54) is 16.0 Å². The van der Waals surface area contributed by atoms with Gasteiger partial charge >= 0.3 is 0 Å². The molecule has 0 spiro atoms. The maximum absolute atomic E-state index is 13.0. The second-order valence-electron chi connectivity index (χ2n) is 8.19. The minimum atomic E-state index is -0.0665. The van der Waals surface area contributed by atoms with Crippen molar-refractivity contribution in [3.63, 3.8) is 0 Å². The molecule has 0 bridgehead atoms. The van der Waals surface area contributed by atoms with Crippen molar-refractivity contribution in [2.24, 2.45) is 0 Å². The zero-order chi connectivity index (χ0) is 22.5. The van der Waals surface area contributed by atoms with Crippen LogP contribution in [0.25, 0.3) is 0 Å². The number of likely N-dealkylation sites (N-methyl/N-ethyl adjacent to an activating group) is 1. The molecule has 1 aliphatic rings. The molecule has 1 fully saturated rings. The average molecular weight is 450 g/mol. The van der Waals surface area contributed by atoms with Crippen LogP contribution in [0.1, 0.15) is 39.3 Å². The number of rotatable bonds is 7. The smallest absolute Gasteiger partial charge is 0.256 e. The van der Waals surface area contributed by atoms with E-state index >= 15 is 0 Å². The number of thiophene rings is 1. The summed E-state index contributed by atoms with van der Waals surface area (Å²) in [6.45, 7) is 6.19. The average Bonchev–Trinajstić information content (AvgIpc) is 3.23. The van der Waals surface area contributed by atoms with Gasteiger partial charge in [-0.1, -0.05) is 37.3 Å². The van der Waals surface area contributed by atoms with Crippen LogP contribution in [0.4, 0.5) is 5.00 Å². The number of ether oxygens (including phenoxy) is 1. The van der Waals surface area contributed by atoms with Gasteiger partial charge in [-0.3, -0.25) is 9.69 Å². The molecule has 1 saturated heterocycles. The molecule has 1 aromatic heterocycles. The summed E-state index contributed by atoms with van der Waals surface area (Å²) >= 11 is 1.68. The monoisotopic (exact) mass is 449 g/mol. The number of methoxy groups -OCH3 is 1. The molecular weight excluding hydrogens is 418 g/mol. The van der Waals surface area contributed by atoms with Gasteiger partial charge in [-0.25, -0.2) is 0 Å². The largest absolute Gasteiger partial charge is 0.497 e. The fourth-order valence-electron chi connectivity index (χ4n) is 4.15. The number of anilines is 1. The summed E-state index contributed by atoms with van der Waals surface area (Å²) < 4.78 is 5.39. The summed E-state index contributed by atoms with van der Waals surface area (Å²) in [7, 11) is 3.86. The van der Waals surface area contributed by atoms with E-state index in [9.17, 15) is 4.79 Å². The van der Waals surface area contributed by atoms with Gasteiger partial charge in [-0.15, -0.1) is 11.3 Å². The first-order chi connectivity index (χ1) is 15.6. The van der Waals surface area contributed by atoms with Crippen LogP contribution < -0.4 is 10.1 Å². The topological polar surface area (TPSA) is 44.8 Å². The maximum atomic E-state index is 13.0. The van der Waals surface area contributed by atoms with E-state index < -0.39 is 0 Å². The Balaban J connectivity index is 1.72. The lowest BCUT2D eigenvalue weighted by atomic mass is 9.97. The molecule has 1 atom stereocenters. The number of nitrogens with zero attached hydrogens (tertiary/aromatic N) is 2. The molecule has 1 N–H and O–H groups in total. The Morgan fingerprint density at radius 2 is 1.75 bits per heavy atom. The summed E-state index contributed by atoms with van der Waals surface area (Å²) in [4.78, 5) is 19.2. The molecular formula is C26H31N3O2S. The van der Waals surface area contributed by atoms with Gasteiger partial charge in [0.25, 0.3) is 5.91 Å². The van der Waals surface area contributed by atoms with Crippen LogP contribution in [0.2, 0.25) is 0 Å². The number of benzene rings is 2. The number of carbonyl (C=O) groups excluding carboxylic acids is 1. The van der Waals surface area contributed by atoms with Crippen molar-refractivity contribution < 1.29 is 9.53 Å². The predicted octanol–water partition coefficient (Wildman–Crippen LogP) is 4.91. The minimum absolute atomic E-state index is 0.0665. The van der Waals surface area contributed by atoms with Gasteiger partial charge in [-0.05, 0) is 49.4 Å². The van der Waals surface area contributed by atoms with E-state index in [1.54, 1.807) is 18.4 Å². The van der Waals surface area contributed by atoms with Crippen molar-refractivity contribution >= 4 is 22.2 Å². The molecule has 2 heterocycles. The Kier molecular flexibility index (Phi) is 7.25. The number of aryl methyl sites for hydroxylation is 1. The van der Waals surface area contributed by atoms with E-state index in [0.29, 0.717) is 5.56 Å². The third-order valence-corrected chi connectivity index (χ3v) is 7.26. The van der Waals surface area contributed by atoms with Crippen molar-refractivity contribution in [3.8, 4) is 5.75 Å². The molecule has 1 aliphatic heterocycles. The van der Waals surface area contributed by atoms with Gasteiger partial charge in [-0.2, -0.15) is 0 Å². The number of hydrogen-bond acceptors (Lipinski definition) is 5. The van der Waals surface area contributed by atoms with E-state index in [1.807, 2.05) is 42.5 Å². The third-order valence-electron chi connectivity index (χ3n) is 6.05. The van der Waals surface area contributed by atoms with Gasteiger partial charge in [0.2, 0.25) is 0 Å². The van der Waals surface area contributed by atoms with Crippen molar-refractivity contribution in [2.75, 3.05) is 45.7 Å². The van der Waals surface area contributed by atoms with Gasteiger partial charge < -0.3 is 15.0 Å². The zero-order valence-electron chi connectivity index (χ0n) is 19.0. The second-order valence-corrected chi connectivity index (χ2v) is 9.32. The molecule has 1 amide bonds. The lowest BCUT2D eigenvalue weighted by molar-refractivity contribution is 0.102. The quantitative estimate of drug-likeness (QED) is 0.557. The summed E-state index contributed by atoms with van der Waals surface area (Å²) in [5.74, 6) is 0.784. The second kappa shape index (κ2) is 10.3. The summed E-state index contributed by atoms with van der Waals surface area (Å²) in [5.41, 5.74) is 3.06. The Morgan fingerprint density at radius 1 is 1.06 bits per heavy atom. The molecule has 2 aromatic carbocycles. The van der Waals surface area contributed by atoms with Crippen molar-refractivity contribution in [3.05, 3.63) is 82.2 Å². The van der Waals surface area contributed by atoms with Gasteiger partial charge in [0, 0.05) is 42.2 Å². The fraction of sp³-hybridized carbons (Fsp3) is 0.346. The number of piperazine rings is 1. The standard InChI is InChI=1S/C26H31N3O2S/c1-4-22-18-23(26(32-22)27-25(30)20-8-6-5-7-9-20)24(29-16-14-28(2)15-17-29)19-10-12-21(31-3)13-11-19/h5-13,18,24H,4,14-17H2,1-3H3,(H,27,30)/t24-/m1/s1. The zero-order valence-corrected chi connectivity index (χ0v) is 19.8. The molecule has 168 valence electrons. The molecule has 0 unspecified atom stereocenters. The predicted molar refractivity (Wildman–Crippen MR) is 132 cm³/mol. The summed E-state index contributed by atoms with van der Waals surface area (Å²) in [6.07, 6.45) is 0.941. The molecule has 3 aromatic rings. The van der Waals surface area contributed by atoms with Crippen molar-refractivity contribution in [1.29, 1.82) is 0 Å². The molecule has 32 heavy (non-hydrogen) atoms. The van der Waals surface area contributed by atoms with E-state index in [4.69, 9.17) is 4.74 Å². The third kappa shape index (κ3) is 5.04. The Labute approximate surface area is 194 Å². The number of carbonyl (C=O) groups is 1. The van der Waals surface area contributed by atoms with E-state index in [0.717, 1.165) is 43.4 Å². The van der Waals surface area contributed by atoms with Crippen LogP contribution in [-0.2, 0) is 6.42 Å². The first kappa shape index (κ1) is 22.5. The Hall–Kier alpha value is -2.67. The molecule has 5 nitrogen and oxygen atoms in total. The first-order valence-corrected chi connectivity index (χ1v) is 12.0. The highest BCUT2D eigenvalue weighted by Gasteiger charge is 2.29. The van der Waals surface area contributed by atoms with Crippen molar-refractivity contribution in [2.45, 2.75) is 19.4 Å². The fourth-order valence-corrected chi connectivity index (χ4v) is 5.18. The number of hydrogen-bond donors (Lipinski definition) is 1. The normalized spacial score (nSPS) is 16.0. The van der Waals surface area contributed by atoms with Crippen LogP contribution in [0.3, 0.4) is 0 Å². The van der Waals surface area contributed by atoms with Gasteiger partial charge in [0.1, 0.15) is 10.8 Å². The Morgan fingerprint density at radius 3 is 2.38 bits per heavy atom. The number of nitrogens with one attached hydrogen (secondary N) is 1. The maximum Gasteiger partial charge on any atom is 0.256 e. The summed E-state index contributed by atoms with van der Waals surface area (Å²) in [5, 5.41) is 4.16. The highest BCUT2D eigenvalue weighted by atomic mass is 32.1. The van der Waals surface area contributed by atoms with Crippen LogP contribution in [0, 0.1) is 0 Å². The van der Waals surface area contributed by atoms with E-state index in [2.05, 4.69) is 47.3 Å². The number of amides is 1. The Bertz CT molecular complexity index is 1020. The van der Waals surface area contributed by atoms with Crippen LogP contribution >= 0.6 is 11.3 Å². The highest BCUT2D eigenvalue weighted by molar-refractivity contribution is 7.16. The minimum Gasteiger partial charge on any atom is -0.497 e.